The summed E-state index contributed by atoms with van der Waals surface area (Å²) in [5, 5.41) is 2.30. The Labute approximate surface area is 187 Å². The fourth-order valence-corrected chi connectivity index (χ4v) is 4.62. The second-order valence-corrected chi connectivity index (χ2v) is 9.13. The normalized spacial score (nSPS) is 14.8. The molecule has 0 spiro atoms. The molecular weight excluding hydrogens is 474 g/mol. The molecule has 0 bridgehead atoms. The molecule has 1 fully saturated rings. The fraction of sp³-hybridized carbons (Fsp3) is 0.263. The van der Waals surface area contributed by atoms with Gasteiger partial charge in [-0.2, -0.15) is 4.31 Å². The van der Waals surface area contributed by atoms with E-state index in [2.05, 4.69) is 5.32 Å². The molecular formula is C19H17Cl2FN2O6S. The summed E-state index contributed by atoms with van der Waals surface area (Å²) in [6.45, 7) is 0.226. The van der Waals surface area contributed by atoms with E-state index in [4.69, 9.17) is 32.7 Å². The molecule has 12 heteroatoms. The maximum atomic E-state index is 13.8. The van der Waals surface area contributed by atoms with Gasteiger partial charge < -0.3 is 14.8 Å². The maximum absolute atomic E-state index is 13.8. The van der Waals surface area contributed by atoms with Crippen molar-refractivity contribution in [3.63, 3.8) is 0 Å². The van der Waals surface area contributed by atoms with Crippen LogP contribution in [0, 0.1) is 5.82 Å². The molecule has 166 valence electrons. The third kappa shape index (κ3) is 5.52. The maximum Gasteiger partial charge on any atom is 0.343 e. The summed E-state index contributed by atoms with van der Waals surface area (Å²) in [7, 11) is -3.81. The van der Waals surface area contributed by atoms with Crippen LogP contribution in [0.25, 0.3) is 0 Å². The molecule has 0 saturated carbocycles. The van der Waals surface area contributed by atoms with Crippen molar-refractivity contribution < 1.29 is 31.9 Å². The van der Waals surface area contributed by atoms with E-state index in [1.807, 2.05) is 0 Å². The van der Waals surface area contributed by atoms with E-state index < -0.39 is 39.9 Å². The van der Waals surface area contributed by atoms with Crippen molar-refractivity contribution in [2.24, 2.45) is 0 Å². The summed E-state index contributed by atoms with van der Waals surface area (Å²) in [6.07, 6.45) is 0. The summed E-state index contributed by atoms with van der Waals surface area (Å²) in [5.41, 5.74) is -0.477. The number of rotatable bonds is 6. The molecule has 1 saturated heterocycles. The number of anilines is 1. The number of nitrogens with one attached hydrogen (secondary N) is 1. The third-order valence-corrected chi connectivity index (χ3v) is 6.86. The van der Waals surface area contributed by atoms with Crippen LogP contribution in [0.3, 0.4) is 0 Å². The van der Waals surface area contributed by atoms with Gasteiger partial charge in [-0.3, -0.25) is 4.79 Å². The second kappa shape index (κ2) is 9.92. The number of hydrogen-bond donors (Lipinski definition) is 1. The Hall–Kier alpha value is -2.24. The van der Waals surface area contributed by atoms with E-state index in [1.54, 1.807) is 0 Å². The van der Waals surface area contributed by atoms with Gasteiger partial charge in [-0.1, -0.05) is 29.3 Å². The first-order valence-electron chi connectivity index (χ1n) is 8.98. The van der Waals surface area contributed by atoms with Gasteiger partial charge >= 0.3 is 5.97 Å². The van der Waals surface area contributed by atoms with Crippen LogP contribution < -0.4 is 5.32 Å². The lowest BCUT2D eigenvalue weighted by Gasteiger charge is -2.26. The molecule has 2 aromatic carbocycles. The highest BCUT2D eigenvalue weighted by molar-refractivity contribution is 7.89. The number of sulfonamides is 1. The third-order valence-electron chi connectivity index (χ3n) is 4.32. The first-order chi connectivity index (χ1) is 14.7. The van der Waals surface area contributed by atoms with Crippen molar-refractivity contribution in [3.05, 3.63) is 57.8 Å². The molecule has 1 heterocycles. The number of carbonyl (C=O) groups excluding carboxylic acids is 2. The lowest BCUT2D eigenvalue weighted by Crippen LogP contribution is -2.40. The summed E-state index contributed by atoms with van der Waals surface area (Å²) < 4.78 is 50.5. The lowest BCUT2D eigenvalue weighted by atomic mass is 10.2. The van der Waals surface area contributed by atoms with Crippen molar-refractivity contribution in [3.8, 4) is 0 Å². The van der Waals surface area contributed by atoms with Gasteiger partial charge in [0.05, 0.1) is 33.8 Å². The van der Waals surface area contributed by atoms with Crippen LogP contribution in [-0.2, 0) is 24.3 Å². The number of nitrogens with zero attached hydrogens (tertiary/aromatic N) is 1. The Kier molecular flexibility index (Phi) is 7.50. The van der Waals surface area contributed by atoms with Crippen LogP contribution in [0.5, 0.6) is 0 Å². The molecule has 1 aliphatic heterocycles. The van der Waals surface area contributed by atoms with Crippen molar-refractivity contribution >= 4 is 50.8 Å². The first kappa shape index (κ1) is 23.4. The summed E-state index contributed by atoms with van der Waals surface area (Å²) in [5.74, 6) is -2.81. The minimum Gasteiger partial charge on any atom is -0.452 e. The van der Waals surface area contributed by atoms with Crippen molar-refractivity contribution in [1.29, 1.82) is 0 Å². The Morgan fingerprint density at radius 1 is 1.13 bits per heavy atom. The van der Waals surface area contributed by atoms with Gasteiger partial charge in [-0.15, -0.1) is 0 Å². The zero-order chi connectivity index (χ0) is 22.6. The molecule has 31 heavy (non-hydrogen) atoms. The highest BCUT2D eigenvalue weighted by Crippen LogP contribution is 2.27. The predicted octanol–water partition coefficient (Wildman–Crippen LogP) is 2.95. The average molecular weight is 491 g/mol. The molecule has 8 nitrogen and oxygen atoms in total. The minimum atomic E-state index is -3.81. The molecule has 0 atom stereocenters. The SMILES string of the molecule is O=C(COC(=O)c1c(F)cccc1Cl)Nc1cc(S(=O)(=O)N2CCOCC2)ccc1Cl. The topological polar surface area (TPSA) is 102 Å². The van der Waals surface area contributed by atoms with Gasteiger partial charge in [0, 0.05) is 13.1 Å². The van der Waals surface area contributed by atoms with Crippen molar-refractivity contribution in [2.75, 3.05) is 38.2 Å². The second-order valence-electron chi connectivity index (χ2n) is 6.38. The molecule has 1 N–H and O–H groups in total. The van der Waals surface area contributed by atoms with Gasteiger partial charge in [0.25, 0.3) is 5.91 Å². The van der Waals surface area contributed by atoms with Crippen LogP contribution >= 0.6 is 23.2 Å². The summed E-state index contributed by atoms with van der Waals surface area (Å²) in [6, 6.07) is 7.52. The quantitative estimate of drug-likeness (QED) is 0.624. The van der Waals surface area contributed by atoms with Gasteiger partial charge in [0.2, 0.25) is 10.0 Å². The van der Waals surface area contributed by atoms with Crippen molar-refractivity contribution in [1.82, 2.24) is 4.31 Å². The standard InChI is InChI=1S/C19H17Cl2FN2O6S/c20-13-5-4-12(31(27,28)24-6-8-29-9-7-24)10-16(13)23-17(25)11-30-19(26)18-14(21)2-1-3-15(18)22/h1-5,10H,6-9,11H2,(H,23,25). The number of ether oxygens (including phenoxy) is 2. The predicted molar refractivity (Wildman–Crippen MR) is 111 cm³/mol. The smallest absolute Gasteiger partial charge is 0.343 e. The van der Waals surface area contributed by atoms with Gasteiger partial charge in [-0.05, 0) is 30.3 Å². The Bertz CT molecular complexity index is 1090. The first-order valence-corrected chi connectivity index (χ1v) is 11.2. The summed E-state index contributed by atoms with van der Waals surface area (Å²) in [4.78, 5) is 24.1. The molecule has 3 rings (SSSR count). The van der Waals surface area contributed by atoms with E-state index in [-0.39, 0.29) is 46.9 Å². The van der Waals surface area contributed by atoms with E-state index in [0.717, 1.165) is 6.07 Å². The van der Waals surface area contributed by atoms with Gasteiger partial charge in [-0.25, -0.2) is 17.6 Å². The molecule has 0 radical (unpaired) electrons. The molecule has 0 unspecified atom stereocenters. The van der Waals surface area contributed by atoms with E-state index in [0.29, 0.717) is 0 Å². The minimum absolute atomic E-state index is 0.0148. The van der Waals surface area contributed by atoms with E-state index >= 15 is 0 Å². The Morgan fingerprint density at radius 2 is 1.84 bits per heavy atom. The molecule has 0 aromatic heterocycles. The highest BCUT2D eigenvalue weighted by atomic mass is 35.5. The van der Waals surface area contributed by atoms with Crippen molar-refractivity contribution in [2.45, 2.75) is 4.90 Å². The average Bonchev–Trinajstić information content (AvgIpc) is 2.74. The van der Waals surface area contributed by atoms with E-state index in [1.165, 1.54) is 34.6 Å². The van der Waals surface area contributed by atoms with Crippen LogP contribution in [0.15, 0.2) is 41.3 Å². The van der Waals surface area contributed by atoms with Crippen LogP contribution in [-0.4, -0.2) is 57.5 Å². The number of amides is 1. The molecule has 1 aliphatic rings. The lowest BCUT2D eigenvalue weighted by molar-refractivity contribution is -0.119. The Morgan fingerprint density at radius 3 is 2.52 bits per heavy atom. The largest absolute Gasteiger partial charge is 0.452 e. The number of benzene rings is 2. The highest BCUT2D eigenvalue weighted by Gasteiger charge is 2.27. The summed E-state index contributed by atoms with van der Waals surface area (Å²) >= 11 is 11.8. The zero-order valence-electron chi connectivity index (χ0n) is 15.9. The van der Waals surface area contributed by atoms with Gasteiger partial charge in [0.15, 0.2) is 6.61 Å². The van der Waals surface area contributed by atoms with Gasteiger partial charge in [0.1, 0.15) is 11.4 Å². The number of esters is 1. The monoisotopic (exact) mass is 490 g/mol. The van der Waals surface area contributed by atoms with Crippen LogP contribution in [0.2, 0.25) is 10.0 Å². The number of hydrogen-bond acceptors (Lipinski definition) is 6. The number of morpholine rings is 1. The molecule has 1 amide bonds. The van der Waals surface area contributed by atoms with Crippen LogP contribution in [0.1, 0.15) is 10.4 Å². The Balaban J connectivity index is 1.69. The zero-order valence-corrected chi connectivity index (χ0v) is 18.3. The molecule has 2 aromatic rings. The number of halogens is 3. The van der Waals surface area contributed by atoms with Crippen LogP contribution in [0.4, 0.5) is 10.1 Å². The number of carbonyl (C=O) groups is 2. The van der Waals surface area contributed by atoms with E-state index in [9.17, 15) is 22.4 Å². The molecule has 0 aliphatic carbocycles. The fourth-order valence-electron chi connectivity index (χ4n) is 2.78.